The monoisotopic (exact) mass is 385 g/mol. The predicted octanol–water partition coefficient (Wildman–Crippen LogP) is 3.19. The summed E-state index contributed by atoms with van der Waals surface area (Å²) in [6.45, 7) is 1.30. The molecule has 2 heterocycles. The summed E-state index contributed by atoms with van der Waals surface area (Å²) in [5.41, 5.74) is 1.04. The van der Waals surface area contributed by atoms with E-state index >= 15 is 0 Å². The van der Waals surface area contributed by atoms with Gasteiger partial charge in [-0.1, -0.05) is 23.7 Å². The van der Waals surface area contributed by atoms with Gasteiger partial charge >= 0.3 is 0 Å². The van der Waals surface area contributed by atoms with Crippen LogP contribution in [0.4, 0.5) is 0 Å². The van der Waals surface area contributed by atoms with Crippen LogP contribution in [-0.4, -0.2) is 25.7 Å². The molecule has 0 atom stereocenters. The molecule has 6 nitrogen and oxygen atoms in total. The van der Waals surface area contributed by atoms with Crippen molar-refractivity contribution in [2.45, 2.75) is 6.42 Å². The van der Waals surface area contributed by atoms with E-state index in [4.69, 9.17) is 25.5 Å². The normalized spacial score (nSPS) is 12.8. The van der Waals surface area contributed by atoms with Crippen molar-refractivity contribution >= 4 is 28.5 Å². The smallest absolute Gasteiger partial charge is 0.287 e. The summed E-state index contributed by atoms with van der Waals surface area (Å²) in [6.07, 6.45) is 0.542. The van der Waals surface area contributed by atoms with E-state index in [9.17, 15) is 9.59 Å². The van der Waals surface area contributed by atoms with Gasteiger partial charge in [-0.25, -0.2) is 0 Å². The number of amides is 1. The van der Waals surface area contributed by atoms with Gasteiger partial charge in [0, 0.05) is 12.6 Å². The number of fused-ring (bicyclic) bond motifs is 2. The number of para-hydroxylation sites is 1. The Morgan fingerprint density at radius 1 is 1.11 bits per heavy atom. The fourth-order valence-corrected chi connectivity index (χ4v) is 3.22. The number of carbonyl (C=O) groups excluding carboxylic acids is 1. The molecule has 7 heteroatoms. The summed E-state index contributed by atoms with van der Waals surface area (Å²) in [5, 5.41) is 3.68. The lowest BCUT2D eigenvalue weighted by Crippen LogP contribution is -2.26. The first-order valence-corrected chi connectivity index (χ1v) is 8.89. The maximum Gasteiger partial charge on any atom is 0.287 e. The highest BCUT2D eigenvalue weighted by Crippen LogP contribution is 2.38. The van der Waals surface area contributed by atoms with Crippen molar-refractivity contribution in [2.75, 3.05) is 19.8 Å². The summed E-state index contributed by atoms with van der Waals surface area (Å²) in [7, 11) is 0. The number of hydrogen-bond acceptors (Lipinski definition) is 5. The number of hydrogen-bond donors (Lipinski definition) is 1. The van der Waals surface area contributed by atoms with E-state index in [0.29, 0.717) is 53.7 Å². The average Bonchev–Trinajstić information content (AvgIpc) is 2.68. The van der Waals surface area contributed by atoms with Crippen molar-refractivity contribution in [3.63, 3.8) is 0 Å². The Balaban J connectivity index is 1.44. The molecule has 0 unspecified atom stereocenters. The van der Waals surface area contributed by atoms with Crippen molar-refractivity contribution in [2.24, 2.45) is 0 Å². The Morgan fingerprint density at radius 2 is 1.93 bits per heavy atom. The highest BCUT2D eigenvalue weighted by Gasteiger charge is 2.17. The van der Waals surface area contributed by atoms with Crippen LogP contribution in [0.1, 0.15) is 16.1 Å². The third kappa shape index (κ3) is 3.61. The number of nitrogens with one attached hydrogen (secondary N) is 1. The van der Waals surface area contributed by atoms with Crippen molar-refractivity contribution < 1.29 is 18.7 Å². The quantitative estimate of drug-likeness (QED) is 0.746. The van der Waals surface area contributed by atoms with Gasteiger partial charge in [-0.2, -0.15) is 0 Å². The Kier molecular flexibility index (Phi) is 4.73. The van der Waals surface area contributed by atoms with Crippen LogP contribution in [0.5, 0.6) is 11.5 Å². The Morgan fingerprint density at radius 3 is 2.81 bits per heavy atom. The number of halogens is 1. The fraction of sp³-hybridized carbons (Fsp3) is 0.200. The molecule has 0 radical (unpaired) electrons. The number of ether oxygens (including phenoxy) is 2. The van der Waals surface area contributed by atoms with E-state index in [0.717, 1.165) is 5.56 Å². The summed E-state index contributed by atoms with van der Waals surface area (Å²) >= 11 is 6.22. The van der Waals surface area contributed by atoms with E-state index in [-0.39, 0.29) is 11.2 Å². The lowest BCUT2D eigenvalue weighted by molar-refractivity contribution is 0.0927. The van der Waals surface area contributed by atoms with Gasteiger partial charge in [0.1, 0.15) is 18.8 Å². The lowest BCUT2D eigenvalue weighted by Gasteiger charge is -2.20. The zero-order valence-corrected chi connectivity index (χ0v) is 15.0. The highest BCUT2D eigenvalue weighted by atomic mass is 35.5. The molecule has 1 aliphatic heterocycles. The molecule has 1 aliphatic rings. The van der Waals surface area contributed by atoms with Gasteiger partial charge in [-0.3, -0.25) is 9.59 Å². The molecule has 0 spiro atoms. The third-order valence-electron chi connectivity index (χ3n) is 4.21. The van der Waals surface area contributed by atoms with Crippen LogP contribution >= 0.6 is 11.6 Å². The molecule has 1 amide bonds. The second kappa shape index (κ2) is 7.32. The number of rotatable bonds is 4. The third-order valence-corrected chi connectivity index (χ3v) is 4.50. The largest absolute Gasteiger partial charge is 0.486 e. The van der Waals surface area contributed by atoms with Gasteiger partial charge in [-0.05, 0) is 36.2 Å². The standard InChI is InChI=1S/C20H16ClNO5/c21-14-9-12(10-17-19(14)26-8-7-25-17)5-6-22-20(24)18-11-15(23)13-3-1-2-4-16(13)27-18/h1-4,9-11H,5-8H2,(H,22,24). The second-order valence-electron chi connectivity index (χ2n) is 6.08. The van der Waals surface area contributed by atoms with Crippen LogP contribution in [-0.2, 0) is 6.42 Å². The lowest BCUT2D eigenvalue weighted by atomic mass is 10.1. The van der Waals surface area contributed by atoms with E-state index in [1.165, 1.54) is 6.07 Å². The molecule has 0 bridgehead atoms. The molecule has 0 aliphatic carbocycles. The molecule has 2 aromatic carbocycles. The molecule has 3 aromatic rings. The molecule has 1 aromatic heterocycles. The highest BCUT2D eigenvalue weighted by molar-refractivity contribution is 6.32. The number of benzene rings is 2. The van der Waals surface area contributed by atoms with Gasteiger partial charge in [-0.15, -0.1) is 0 Å². The molecule has 0 fully saturated rings. The minimum atomic E-state index is -0.443. The van der Waals surface area contributed by atoms with E-state index < -0.39 is 5.91 Å². The predicted molar refractivity (Wildman–Crippen MR) is 101 cm³/mol. The first kappa shape index (κ1) is 17.4. The molecule has 27 heavy (non-hydrogen) atoms. The number of carbonyl (C=O) groups is 1. The zero-order valence-electron chi connectivity index (χ0n) is 14.3. The maximum atomic E-state index is 12.3. The van der Waals surface area contributed by atoms with Crippen LogP contribution in [0.2, 0.25) is 5.02 Å². The maximum absolute atomic E-state index is 12.3. The zero-order chi connectivity index (χ0) is 18.8. The van der Waals surface area contributed by atoms with Gasteiger partial charge in [0.2, 0.25) is 0 Å². The Labute approximate surface area is 159 Å². The minimum Gasteiger partial charge on any atom is -0.486 e. The van der Waals surface area contributed by atoms with Crippen molar-refractivity contribution in [3.05, 3.63) is 69.0 Å². The molecule has 4 rings (SSSR count). The van der Waals surface area contributed by atoms with Crippen LogP contribution in [0.3, 0.4) is 0 Å². The topological polar surface area (TPSA) is 77.8 Å². The average molecular weight is 386 g/mol. The summed E-state index contributed by atoms with van der Waals surface area (Å²) in [4.78, 5) is 24.4. The van der Waals surface area contributed by atoms with Crippen molar-refractivity contribution in [1.29, 1.82) is 0 Å². The van der Waals surface area contributed by atoms with Crippen LogP contribution in [0, 0.1) is 0 Å². The summed E-state index contributed by atoms with van der Waals surface area (Å²) in [5.74, 6) is 0.699. The van der Waals surface area contributed by atoms with Gasteiger partial charge < -0.3 is 19.2 Å². The second-order valence-corrected chi connectivity index (χ2v) is 6.49. The molecule has 0 saturated heterocycles. The van der Waals surface area contributed by atoms with E-state index in [1.807, 2.05) is 6.07 Å². The van der Waals surface area contributed by atoms with Gasteiger partial charge in [0.05, 0.1) is 10.4 Å². The Bertz CT molecular complexity index is 1080. The van der Waals surface area contributed by atoms with E-state index in [2.05, 4.69) is 5.32 Å². The molecule has 1 N–H and O–H groups in total. The Hall–Kier alpha value is -2.99. The molecule has 138 valence electrons. The van der Waals surface area contributed by atoms with Crippen molar-refractivity contribution in [3.8, 4) is 11.5 Å². The minimum absolute atomic E-state index is 0.0149. The van der Waals surface area contributed by atoms with Gasteiger partial charge in [0.25, 0.3) is 5.91 Å². The van der Waals surface area contributed by atoms with Crippen LogP contribution in [0.15, 0.2) is 51.7 Å². The van der Waals surface area contributed by atoms with E-state index in [1.54, 1.807) is 30.3 Å². The molecular formula is C20H16ClNO5. The summed E-state index contributed by atoms with van der Waals surface area (Å²) in [6, 6.07) is 11.7. The van der Waals surface area contributed by atoms with Gasteiger partial charge in [0.15, 0.2) is 22.7 Å². The molecular weight excluding hydrogens is 370 g/mol. The first-order chi connectivity index (χ1) is 13.1. The van der Waals surface area contributed by atoms with Crippen LogP contribution in [0.25, 0.3) is 11.0 Å². The van der Waals surface area contributed by atoms with Crippen molar-refractivity contribution in [1.82, 2.24) is 5.32 Å². The first-order valence-electron chi connectivity index (χ1n) is 8.51. The SMILES string of the molecule is O=C(NCCc1cc(Cl)c2c(c1)OCCO2)c1cc(=O)c2ccccc2o1. The molecule has 0 saturated carbocycles. The van der Waals surface area contributed by atoms with Crippen LogP contribution < -0.4 is 20.2 Å². The fourth-order valence-electron chi connectivity index (χ4n) is 2.93. The summed E-state index contributed by atoms with van der Waals surface area (Å²) < 4.78 is 16.6.